The molecule has 5 nitrogen and oxygen atoms in total. The Hall–Kier alpha value is -3.78. The van der Waals surface area contributed by atoms with E-state index in [9.17, 15) is 18.0 Å². The van der Waals surface area contributed by atoms with Crippen LogP contribution in [0, 0.1) is 0 Å². The number of fused-ring (bicyclic) bond motifs is 1. The van der Waals surface area contributed by atoms with E-state index in [1.54, 1.807) is 43.3 Å². The number of Topliss-reactive ketones (excluding diaryl/α,β-unsaturated/α-hetero) is 1. The molecule has 0 fully saturated rings. The van der Waals surface area contributed by atoms with Crippen LogP contribution in [0.5, 0.6) is 0 Å². The molecule has 1 aliphatic rings. The van der Waals surface area contributed by atoms with Crippen LogP contribution in [0.4, 0.5) is 13.2 Å². The molecule has 0 bridgehead atoms. The molecule has 0 radical (unpaired) electrons. The summed E-state index contributed by atoms with van der Waals surface area (Å²) in [6, 6.07) is 18.4. The van der Waals surface area contributed by atoms with Gasteiger partial charge in [0.25, 0.3) is 5.89 Å². The number of carbonyl (C=O) groups excluding carboxylic acids is 1. The molecule has 0 saturated heterocycles. The van der Waals surface area contributed by atoms with Crippen molar-refractivity contribution in [3.8, 4) is 34.0 Å². The molecule has 4 aromatic rings. The van der Waals surface area contributed by atoms with E-state index < -0.39 is 11.7 Å². The molecule has 1 aromatic heterocycles. The number of rotatable bonds is 5. The number of hydrogen-bond acceptors (Lipinski definition) is 5. The van der Waals surface area contributed by atoms with Gasteiger partial charge in [-0.05, 0) is 60.2 Å². The summed E-state index contributed by atoms with van der Waals surface area (Å²) < 4.78 is 47.1. The first-order valence-electron chi connectivity index (χ1n) is 11.7. The van der Waals surface area contributed by atoms with E-state index in [4.69, 9.17) is 4.52 Å². The molecular formula is C28H24F3N3O2. The summed E-state index contributed by atoms with van der Waals surface area (Å²) in [5, 5.41) is 4.04. The summed E-state index contributed by atoms with van der Waals surface area (Å²) in [7, 11) is 0. The van der Waals surface area contributed by atoms with E-state index in [-0.39, 0.29) is 22.8 Å². The highest BCUT2D eigenvalue weighted by Gasteiger charge is 2.34. The average molecular weight is 492 g/mol. The molecule has 0 amide bonds. The lowest BCUT2D eigenvalue weighted by Gasteiger charge is -2.17. The molecule has 3 aromatic carbocycles. The molecule has 0 unspecified atom stereocenters. The summed E-state index contributed by atoms with van der Waals surface area (Å²) in [5.41, 5.74) is 3.11. The molecule has 8 heteroatoms. The van der Waals surface area contributed by atoms with Crippen molar-refractivity contribution in [1.82, 2.24) is 15.0 Å². The van der Waals surface area contributed by atoms with Gasteiger partial charge in [-0.15, -0.1) is 0 Å². The van der Waals surface area contributed by atoms with Gasteiger partial charge in [0.1, 0.15) is 5.78 Å². The highest BCUT2D eigenvalue weighted by molar-refractivity contribution is 5.77. The number of ketones is 1. The van der Waals surface area contributed by atoms with Crippen molar-refractivity contribution < 1.29 is 22.5 Å². The minimum absolute atomic E-state index is 0.0256. The zero-order valence-corrected chi connectivity index (χ0v) is 19.7. The maximum atomic E-state index is 13.9. The highest BCUT2D eigenvalue weighted by Crippen LogP contribution is 2.39. The number of nitrogens with zero attached hydrogens (tertiary/aromatic N) is 3. The fourth-order valence-corrected chi connectivity index (χ4v) is 4.62. The van der Waals surface area contributed by atoms with Gasteiger partial charge in [-0.2, -0.15) is 18.2 Å². The zero-order valence-electron chi connectivity index (χ0n) is 19.7. The second-order valence-electron chi connectivity index (χ2n) is 9.01. The number of aromatic nitrogens is 2. The second-order valence-corrected chi connectivity index (χ2v) is 9.01. The van der Waals surface area contributed by atoms with Gasteiger partial charge in [0.2, 0.25) is 5.82 Å². The standard InChI is InChI=1S/C28H24F3N3O2/c1-18(35)17-34-13-11-19-7-8-22(15-21(19)12-14-34)26-32-27(36-33-26)23-9-10-24(20-5-3-2-4-6-20)25(16-23)28(29,30)31/h2-10,15-16H,11-14,17H2,1H3. The van der Waals surface area contributed by atoms with Gasteiger partial charge in [-0.3, -0.25) is 9.69 Å². The highest BCUT2D eigenvalue weighted by atomic mass is 19.4. The van der Waals surface area contributed by atoms with Crippen LogP contribution in [0.25, 0.3) is 34.0 Å². The molecule has 1 aliphatic heterocycles. The van der Waals surface area contributed by atoms with Crippen LogP contribution >= 0.6 is 0 Å². The molecule has 0 saturated carbocycles. The third kappa shape index (κ3) is 5.09. The summed E-state index contributed by atoms with van der Waals surface area (Å²) in [4.78, 5) is 18.0. The minimum Gasteiger partial charge on any atom is -0.334 e. The van der Waals surface area contributed by atoms with Crippen LogP contribution in [-0.2, 0) is 23.8 Å². The fraction of sp³-hybridized carbons (Fsp3) is 0.250. The van der Waals surface area contributed by atoms with Crippen molar-refractivity contribution in [1.29, 1.82) is 0 Å². The molecular weight excluding hydrogens is 467 g/mol. The monoisotopic (exact) mass is 491 g/mol. The average Bonchev–Trinajstić information content (AvgIpc) is 3.27. The van der Waals surface area contributed by atoms with Crippen molar-refractivity contribution in [3.63, 3.8) is 0 Å². The van der Waals surface area contributed by atoms with E-state index in [0.717, 1.165) is 43.1 Å². The molecule has 184 valence electrons. The van der Waals surface area contributed by atoms with Crippen LogP contribution < -0.4 is 0 Å². The topological polar surface area (TPSA) is 59.2 Å². The van der Waals surface area contributed by atoms with Gasteiger partial charge < -0.3 is 4.52 Å². The Morgan fingerprint density at radius 3 is 2.36 bits per heavy atom. The molecule has 0 atom stereocenters. The number of carbonyl (C=O) groups is 1. The van der Waals surface area contributed by atoms with E-state index in [1.807, 2.05) is 18.2 Å². The van der Waals surface area contributed by atoms with E-state index >= 15 is 0 Å². The van der Waals surface area contributed by atoms with Crippen molar-refractivity contribution in [3.05, 3.63) is 83.4 Å². The molecule has 36 heavy (non-hydrogen) atoms. The predicted molar refractivity (Wildman–Crippen MR) is 130 cm³/mol. The SMILES string of the molecule is CC(=O)CN1CCc2ccc(-c3noc(-c4ccc(-c5ccccc5)c(C(F)(F)F)c4)n3)cc2CC1. The third-order valence-corrected chi connectivity index (χ3v) is 6.39. The van der Waals surface area contributed by atoms with Crippen LogP contribution in [0.1, 0.15) is 23.6 Å². The summed E-state index contributed by atoms with van der Waals surface area (Å²) in [6.45, 7) is 3.63. The van der Waals surface area contributed by atoms with Gasteiger partial charge in [-0.1, -0.05) is 53.7 Å². The Bertz CT molecular complexity index is 1400. The third-order valence-electron chi connectivity index (χ3n) is 6.39. The van der Waals surface area contributed by atoms with Gasteiger partial charge >= 0.3 is 6.18 Å². The molecule has 0 spiro atoms. The predicted octanol–water partition coefficient (Wildman–Crippen LogP) is 6.08. The van der Waals surface area contributed by atoms with Crippen molar-refractivity contribution >= 4 is 5.78 Å². The van der Waals surface area contributed by atoms with Crippen LogP contribution in [0.3, 0.4) is 0 Å². The van der Waals surface area contributed by atoms with Crippen molar-refractivity contribution in [2.45, 2.75) is 25.9 Å². The first-order chi connectivity index (χ1) is 17.3. The van der Waals surface area contributed by atoms with Gasteiger partial charge in [-0.25, -0.2) is 0 Å². The summed E-state index contributed by atoms with van der Waals surface area (Å²) in [6.07, 6.45) is -2.91. The van der Waals surface area contributed by atoms with Gasteiger partial charge in [0, 0.05) is 24.2 Å². The van der Waals surface area contributed by atoms with Gasteiger partial charge in [0.05, 0.1) is 12.1 Å². The van der Waals surface area contributed by atoms with E-state index in [0.29, 0.717) is 17.9 Å². The zero-order chi connectivity index (χ0) is 25.3. The quantitative estimate of drug-likeness (QED) is 0.339. The van der Waals surface area contributed by atoms with E-state index in [2.05, 4.69) is 15.0 Å². The number of halogens is 3. The normalized spacial score (nSPS) is 14.3. The Morgan fingerprint density at radius 2 is 1.64 bits per heavy atom. The van der Waals surface area contributed by atoms with Crippen LogP contribution in [-0.4, -0.2) is 40.5 Å². The maximum absolute atomic E-state index is 13.9. The summed E-state index contributed by atoms with van der Waals surface area (Å²) >= 11 is 0. The van der Waals surface area contributed by atoms with Gasteiger partial charge in [0.15, 0.2) is 0 Å². The van der Waals surface area contributed by atoms with Crippen molar-refractivity contribution in [2.75, 3.05) is 19.6 Å². The Balaban J connectivity index is 1.43. The van der Waals surface area contributed by atoms with Crippen LogP contribution in [0.2, 0.25) is 0 Å². The number of hydrogen-bond donors (Lipinski definition) is 0. The summed E-state index contributed by atoms with van der Waals surface area (Å²) in [5.74, 6) is 0.488. The first kappa shape index (κ1) is 23.9. The lowest BCUT2D eigenvalue weighted by Crippen LogP contribution is -2.31. The number of benzene rings is 3. The van der Waals surface area contributed by atoms with Crippen molar-refractivity contribution in [2.24, 2.45) is 0 Å². The number of alkyl halides is 3. The lowest BCUT2D eigenvalue weighted by atomic mass is 9.97. The minimum atomic E-state index is -4.54. The molecule has 5 rings (SSSR count). The van der Waals surface area contributed by atoms with Crippen LogP contribution in [0.15, 0.2) is 71.3 Å². The maximum Gasteiger partial charge on any atom is 0.417 e. The largest absolute Gasteiger partial charge is 0.417 e. The Morgan fingerprint density at radius 1 is 0.917 bits per heavy atom. The molecule has 0 N–H and O–H groups in total. The Labute approximate surface area is 206 Å². The lowest BCUT2D eigenvalue weighted by molar-refractivity contribution is -0.137. The smallest absolute Gasteiger partial charge is 0.334 e. The Kier molecular flexibility index (Phi) is 6.45. The first-order valence-corrected chi connectivity index (χ1v) is 11.7. The molecule has 2 heterocycles. The second kappa shape index (κ2) is 9.70. The fourth-order valence-electron chi connectivity index (χ4n) is 4.62. The molecule has 0 aliphatic carbocycles. The van der Waals surface area contributed by atoms with E-state index in [1.165, 1.54) is 11.6 Å².